The molecule has 7 nitrogen and oxygen atoms in total. The van der Waals surface area contributed by atoms with Crippen molar-refractivity contribution >= 4 is 23.4 Å². The first-order valence-electron chi connectivity index (χ1n) is 11.1. The first-order chi connectivity index (χ1) is 15.4. The van der Waals surface area contributed by atoms with E-state index in [1.54, 1.807) is 9.80 Å². The number of carbonyl (C=O) groups is 2. The number of hydrogen-bond donors (Lipinski definition) is 1. The van der Waals surface area contributed by atoms with Gasteiger partial charge in [-0.3, -0.25) is 15.1 Å². The van der Waals surface area contributed by atoms with E-state index in [2.05, 4.69) is 16.5 Å². The SMILES string of the molecule is CC(=O)N1c2ccc(C3CNN(C4CC4)C3)cc2N(C(=O)Oc2ccc(F)cc2)C[C@@H]1C. The molecule has 1 unspecified atom stereocenters. The summed E-state index contributed by atoms with van der Waals surface area (Å²) in [6, 6.07) is 11.8. The van der Waals surface area contributed by atoms with Gasteiger partial charge >= 0.3 is 6.09 Å². The molecule has 2 aromatic rings. The topological polar surface area (TPSA) is 65.1 Å². The van der Waals surface area contributed by atoms with Crippen molar-refractivity contribution in [3.8, 4) is 5.75 Å². The van der Waals surface area contributed by atoms with E-state index < -0.39 is 11.9 Å². The highest BCUT2D eigenvalue weighted by Crippen LogP contribution is 2.39. The van der Waals surface area contributed by atoms with E-state index in [0.29, 0.717) is 29.9 Å². The highest BCUT2D eigenvalue weighted by molar-refractivity contribution is 6.02. The average Bonchev–Trinajstić information content (AvgIpc) is 3.50. The Morgan fingerprint density at radius 2 is 1.81 bits per heavy atom. The van der Waals surface area contributed by atoms with Crippen molar-refractivity contribution in [3.63, 3.8) is 0 Å². The van der Waals surface area contributed by atoms with Gasteiger partial charge in [0.2, 0.25) is 5.91 Å². The molecule has 32 heavy (non-hydrogen) atoms. The van der Waals surface area contributed by atoms with Crippen molar-refractivity contribution in [1.82, 2.24) is 10.4 Å². The number of halogens is 1. The lowest BCUT2D eigenvalue weighted by Gasteiger charge is -2.40. The van der Waals surface area contributed by atoms with Crippen molar-refractivity contribution in [2.45, 2.75) is 44.7 Å². The first kappa shape index (κ1) is 20.9. The molecule has 1 aliphatic carbocycles. The Hall–Kier alpha value is -2.97. The molecule has 3 aliphatic rings. The maximum Gasteiger partial charge on any atom is 0.419 e. The summed E-state index contributed by atoms with van der Waals surface area (Å²) in [5.41, 5.74) is 5.96. The summed E-state index contributed by atoms with van der Waals surface area (Å²) in [6.07, 6.45) is 1.92. The molecule has 2 aliphatic heterocycles. The summed E-state index contributed by atoms with van der Waals surface area (Å²) >= 11 is 0. The fourth-order valence-electron chi connectivity index (χ4n) is 4.69. The van der Waals surface area contributed by atoms with Gasteiger partial charge in [0.25, 0.3) is 0 Å². The van der Waals surface area contributed by atoms with Gasteiger partial charge in [-0.05, 0) is 61.7 Å². The van der Waals surface area contributed by atoms with Crippen molar-refractivity contribution in [1.29, 1.82) is 0 Å². The van der Waals surface area contributed by atoms with Gasteiger partial charge in [0, 0.05) is 38.5 Å². The zero-order chi connectivity index (χ0) is 22.4. The standard InChI is InChI=1S/C24H27FN4O3/c1-15-13-27(24(31)32-21-8-4-19(25)5-9-21)23-11-17(3-10-22(23)29(15)16(2)30)18-12-26-28(14-18)20-6-7-20/h3-5,8-11,15,18,20,26H,6-7,12-14H2,1-2H3/t15-,18?/m0/s1. The molecule has 1 saturated heterocycles. The minimum Gasteiger partial charge on any atom is -0.410 e. The molecule has 2 atom stereocenters. The third-order valence-electron chi connectivity index (χ3n) is 6.43. The second kappa shape index (κ2) is 8.18. The molecule has 0 bridgehead atoms. The number of hydrogen-bond acceptors (Lipinski definition) is 5. The van der Waals surface area contributed by atoms with E-state index in [1.807, 2.05) is 19.1 Å². The third-order valence-corrected chi connectivity index (χ3v) is 6.43. The van der Waals surface area contributed by atoms with Gasteiger partial charge in [0.05, 0.1) is 17.4 Å². The van der Waals surface area contributed by atoms with Gasteiger partial charge in [-0.1, -0.05) is 6.07 Å². The number of fused-ring (bicyclic) bond motifs is 1. The Morgan fingerprint density at radius 3 is 2.50 bits per heavy atom. The van der Waals surface area contributed by atoms with Crippen LogP contribution in [-0.2, 0) is 4.79 Å². The average molecular weight is 439 g/mol. The number of ether oxygens (including phenoxy) is 1. The highest BCUT2D eigenvalue weighted by atomic mass is 19.1. The van der Waals surface area contributed by atoms with E-state index in [-0.39, 0.29) is 17.7 Å². The Labute approximate surface area is 186 Å². The lowest BCUT2D eigenvalue weighted by molar-refractivity contribution is -0.117. The second-order valence-electron chi connectivity index (χ2n) is 8.86. The second-order valence-corrected chi connectivity index (χ2v) is 8.86. The molecule has 8 heteroatoms. The number of nitrogens with one attached hydrogen (secondary N) is 1. The zero-order valence-electron chi connectivity index (χ0n) is 18.3. The van der Waals surface area contributed by atoms with Gasteiger partial charge in [-0.2, -0.15) is 0 Å². The lowest BCUT2D eigenvalue weighted by atomic mass is 9.97. The summed E-state index contributed by atoms with van der Waals surface area (Å²) in [4.78, 5) is 28.8. The summed E-state index contributed by atoms with van der Waals surface area (Å²) in [5.74, 6) is 0.117. The van der Waals surface area contributed by atoms with Crippen LogP contribution in [0.4, 0.5) is 20.6 Å². The van der Waals surface area contributed by atoms with Crippen LogP contribution in [0.25, 0.3) is 0 Å². The number of amides is 2. The Balaban J connectivity index is 1.45. The molecule has 2 heterocycles. The van der Waals surface area contributed by atoms with Crippen LogP contribution in [0.2, 0.25) is 0 Å². The maximum atomic E-state index is 13.2. The molecular formula is C24H27FN4O3. The van der Waals surface area contributed by atoms with E-state index >= 15 is 0 Å². The minimum absolute atomic E-state index is 0.0690. The van der Waals surface area contributed by atoms with E-state index in [9.17, 15) is 14.0 Å². The monoisotopic (exact) mass is 438 g/mol. The van der Waals surface area contributed by atoms with Crippen LogP contribution < -0.4 is 20.0 Å². The predicted molar refractivity (Wildman–Crippen MR) is 119 cm³/mol. The molecular weight excluding hydrogens is 411 g/mol. The molecule has 0 aromatic heterocycles. The first-order valence-corrected chi connectivity index (χ1v) is 11.1. The summed E-state index contributed by atoms with van der Waals surface area (Å²) in [6.45, 7) is 5.53. The third kappa shape index (κ3) is 3.96. The molecule has 1 N–H and O–H groups in total. The Morgan fingerprint density at radius 1 is 1.06 bits per heavy atom. The van der Waals surface area contributed by atoms with Crippen LogP contribution in [0, 0.1) is 5.82 Å². The van der Waals surface area contributed by atoms with Gasteiger partial charge < -0.3 is 9.64 Å². The maximum absolute atomic E-state index is 13.2. The molecule has 0 spiro atoms. The Bertz CT molecular complexity index is 1040. The van der Waals surface area contributed by atoms with E-state index in [0.717, 1.165) is 18.7 Å². The summed E-state index contributed by atoms with van der Waals surface area (Å²) in [5, 5.41) is 2.31. The van der Waals surface area contributed by atoms with E-state index in [4.69, 9.17) is 4.74 Å². The minimum atomic E-state index is -0.547. The van der Waals surface area contributed by atoms with Gasteiger partial charge in [-0.15, -0.1) is 0 Å². The number of rotatable bonds is 3. The molecule has 2 amide bonds. The van der Waals surface area contributed by atoms with Crippen molar-refractivity contribution < 1.29 is 18.7 Å². The van der Waals surface area contributed by atoms with Gasteiger partial charge in [0.1, 0.15) is 11.6 Å². The van der Waals surface area contributed by atoms with Crippen LogP contribution in [0.3, 0.4) is 0 Å². The molecule has 168 valence electrons. The fourth-order valence-corrected chi connectivity index (χ4v) is 4.69. The van der Waals surface area contributed by atoms with Crippen molar-refractivity contribution in [2.24, 2.45) is 0 Å². The largest absolute Gasteiger partial charge is 0.419 e. The van der Waals surface area contributed by atoms with Crippen molar-refractivity contribution in [2.75, 3.05) is 29.4 Å². The highest BCUT2D eigenvalue weighted by Gasteiger charge is 2.37. The number of nitrogens with zero attached hydrogens (tertiary/aromatic N) is 3. The van der Waals surface area contributed by atoms with Crippen LogP contribution in [0.1, 0.15) is 38.2 Å². The normalized spacial score (nSPS) is 23.2. The number of hydrazine groups is 1. The van der Waals surface area contributed by atoms with Crippen LogP contribution >= 0.6 is 0 Å². The van der Waals surface area contributed by atoms with E-state index in [1.165, 1.54) is 44.0 Å². The van der Waals surface area contributed by atoms with Crippen LogP contribution in [0.15, 0.2) is 42.5 Å². The van der Waals surface area contributed by atoms with Gasteiger partial charge in [-0.25, -0.2) is 14.2 Å². The number of carbonyl (C=O) groups excluding carboxylic acids is 2. The molecule has 2 aromatic carbocycles. The smallest absolute Gasteiger partial charge is 0.410 e. The van der Waals surface area contributed by atoms with Crippen molar-refractivity contribution in [3.05, 3.63) is 53.8 Å². The van der Waals surface area contributed by atoms with Crippen LogP contribution in [0.5, 0.6) is 5.75 Å². The molecule has 2 fully saturated rings. The quantitative estimate of drug-likeness (QED) is 0.793. The molecule has 1 saturated carbocycles. The zero-order valence-corrected chi connectivity index (χ0v) is 18.3. The lowest BCUT2D eigenvalue weighted by Crippen LogP contribution is -2.52. The van der Waals surface area contributed by atoms with Crippen LogP contribution in [-0.4, -0.2) is 48.7 Å². The number of benzene rings is 2. The Kier molecular flexibility index (Phi) is 5.35. The van der Waals surface area contributed by atoms with Gasteiger partial charge in [0.15, 0.2) is 0 Å². The summed E-state index contributed by atoms with van der Waals surface area (Å²) in [7, 11) is 0. The molecule has 5 rings (SSSR count). The number of anilines is 2. The molecule has 0 radical (unpaired) electrons. The predicted octanol–water partition coefficient (Wildman–Crippen LogP) is 3.65. The summed E-state index contributed by atoms with van der Waals surface area (Å²) < 4.78 is 18.8. The fraction of sp³-hybridized carbons (Fsp3) is 0.417.